The van der Waals surface area contributed by atoms with Crippen molar-refractivity contribution >= 4 is 11.5 Å². The maximum atomic E-state index is 13.7. The van der Waals surface area contributed by atoms with Crippen molar-refractivity contribution in [2.24, 2.45) is 17.6 Å². The summed E-state index contributed by atoms with van der Waals surface area (Å²) in [5.74, 6) is 0.605. The Bertz CT molecular complexity index is 1210. The van der Waals surface area contributed by atoms with Crippen molar-refractivity contribution in [2.45, 2.75) is 51.4 Å². The summed E-state index contributed by atoms with van der Waals surface area (Å²) in [6.07, 6.45) is 0.356. The van der Waals surface area contributed by atoms with Crippen LogP contribution in [0, 0.1) is 25.7 Å². The highest BCUT2D eigenvalue weighted by Gasteiger charge is 2.78. The predicted octanol–water partition coefficient (Wildman–Crippen LogP) is 4.12. The standard InChI is InChI=1S/C26H27NO4/c1-12-9-10-17-24(14(12)3)31-26-16-7-6-8-19(29-5)20(16)23(27)22-18(28)11-13(2)21(15(4)30-26)25(17,22)26/h6-10,13,15,21H,11,27H2,1-5H3/t13-,15-,21-,25+,26+/m1/s1. The minimum Gasteiger partial charge on any atom is -0.496 e. The minimum absolute atomic E-state index is 0.0708. The molecule has 1 spiro atoms. The number of ketones is 1. The number of nitrogens with two attached hydrogens (primary N) is 1. The average molecular weight is 418 g/mol. The van der Waals surface area contributed by atoms with Crippen LogP contribution in [-0.2, 0) is 20.7 Å². The Kier molecular flexibility index (Phi) is 3.49. The summed E-state index contributed by atoms with van der Waals surface area (Å²) >= 11 is 0. The number of carbonyl (C=O) groups excluding carboxylic acids is 1. The van der Waals surface area contributed by atoms with Crippen molar-refractivity contribution in [1.82, 2.24) is 0 Å². The molecule has 1 saturated heterocycles. The summed E-state index contributed by atoms with van der Waals surface area (Å²) in [7, 11) is 1.62. The summed E-state index contributed by atoms with van der Waals surface area (Å²) in [4.78, 5) is 13.7. The van der Waals surface area contributed by atoms with Gasteiger partial charge in [-0.25, -0.2) is 0 Å². The molecule has 2 N–H and O–H groups in total. The third-order valence-corrected chi connectivity index (χ3v) is 8.16. The number of benzene rings is 2. The number of ether oxygens (including phenoxy) is 3. The molecule has 2 aliphatic carbocycles. The number of hydrogen-bond donors (Lipinski definition) is 1. The largest absolute Gasteiger partial charge is 0.496 e. The summed E-state index contributed by atoms with van der Waals surface area (Å²) in [6, 6.07) is 10.1. The van der Waals surface area contributed by atoms with E-state index in [-0.39, 0.29) is 23.7 Å². The number of Topliss-reactive ketones (excluding diaryl/α,β-unsaturated/α-hetero) is 1. The van der Waals surface area contributed by atoms with E-state index in [1.165, 1.54) is 0 Å². The normalized spacial score (nSPS) is 34.6. The van der Waals surface area contributed by atoms with Crippen LogP contribution in [0.15, 0.2) is 35.9 Å². The highest BCUT2D eigenvalue weighted by molar-refractivity contribution is 6.08. The Morgan fingerprint density at radius 2 is 1.90 bits per heavy atom. The van der Waals surface area contributed by atoms with Gasteiger partial charge in [0.1, 0.15) is 16.9 Å². The number of rotatable bonds is 1. The van der Waals surface area contributed by atoms with Gasteiger partial charge in [-0.1, -0.05) is 31.2 Å². The lowest BCUT2D eigenvalue weighted by molar-refractivity contribution is -0.189. The second-order valence-corrected chi connectivity index (χ2v) is 9.54. The van der Waals surface area contributed by atoms with E-state index in [2.05, 4.69) is 39.8 Å². The Balaban J connectivity index is 1.84. The monoisotopic (exact) mass is 417 g/mol. The molecule has 2 fully saturated rings. The van der Waals surface area contributed by atoms with Gasteiger partial charge in [-0.05, 0) is 43.9 Å². The van der Waals surface area contributed by atoms with E-state index in [0.29, 0.717) is 29.0 Å². The first kappa shape index (κ1) is 18.9. The zero-order valence-corrected chi connectivity index (χ0v) is 18.5. The van der Waals surface area contributed by atoms with Gasteiger partial charge in [0, 0.05) is 34.6 Å². The molecule has 2 aromatic carbocycles. The zero-order chi connectivity index (χ0) is 21.9. The van der Waals surface area contributed by atoms with Crippen LogP contribution in [0.3, 0.4) is 0 Å². The Morgan fingerprint density at radius 1 is 1.13 bits per heavy atom. The number of hydrogen-bond acceptors (Lipinski definition) is 5. The van der Waals surface area contributed by atoms with Crippen LogP contribution < -0.4 is 15.2 Å². The van der Waals surface area contributed by atoms with E-state index in [9.17, 15) is 4.79 Å². The molecule has 2 aromatic rings. The molecule has 0 radical (unpaired) electrons. The molecule has 0 unspecified atom stereocenters. The molecule has 2 heterocycles. The van der Waals surface area contributed by atoms with Crippen molar-refractivity contribution in [3.05, 3.63) is 63.7 Å². The maximum Gasteiger partial charge on any atom is 0.253 e. The van der Waals surface area contributed by atoms with Crippen LogP contribution in [0.25, 0.3) is 5.70 Å². The first-order valence-corrected chi connectivity index (χ1v) is 11.0. The number of carbonyl (C=O) groups is 1. The van der Waals surface area contributed by atoms with Gasteiger partial charge in [0.25, 0.3) is 5.79 Å². The summed E-state index contributed by atoms with van der Waals surface area (Å²) in [5.41, 5.74) is 12.0. The van der Waals surface area contributed by atoms with Gasteiger partial charge in [-0.15, -0.1) is 0 Å². The van der Waals surface area contributed by atoms with Gasteiger partial charge in [-0.2, -0.15) is 0 Å². The molecular formula is C26H27NO4. The third kappa shape index (κ3) is 1.83. The Morgan fingerprint density at radius 3 is 2.65 bits per heavy atom. The lowest BCUT2D eigenvalue weighted by Crippen LogP contribution is -2.58. The molecule has 1 saturated carbocycles. The van der Waals surface area contributed by atoms with Crippen LogP contribution in [0.5, 0.6) is 11.5 Å². The van der Waals surface area contributed by atoms with E-state index in [1.807, 2.05) is 18.2 Å². The summed E-state index contributed by atoms with van der Waals surface area (Å²) in [6.45, 7) is 8.40. The SMILES string of the molecule is COc1cccc2c1C(N)=C1C(=O)C[C@@H](C)[C@@H]3[C@@H](C)O[C@]24Oc2c(ccc(C)c2C)[C@@]134. The molecule has 2 aliphatic heterocycles. The van der Waals surface area contributed by atoms with Crippen LogP contribution in [0.4, 0.5) is 0 Å². The topological polar surface area (TPSA) is 70.8 Å². The highest BCUT2D eigenvalue weighted by Crippen LogP contribution is 2.73. The molecule has 4 aliphatic rings. The van der Waals surface area contributed by atoms with Crippen LogP contribution >= 0.6 is 0 Å². The fraction of sp³-hybridized carbons (Fsp3) is 0.423. The fourth-order valence-corrected chi connectivity index (χ4v) is 7.01. The zero-order valence-electron chi connectivity index (χ0n) is 18.5. The van der Waals surface area contributed by atoms with Crippen LogP contribution in [-0.4, -0.2) is 19.0 Å². The quantitative estimate of drug-likeness (QED) is 0.756. The molecule has 5 atom stereocenters. The molecule has 5 nitrogen and oxygen atoms in total. The van der Waals surface area contributed by atoms with Crippen molar-refractivity contribution in [3.63, 3.8) is 0 Å². The van der Waals surface area contributed by atoms with Crippen molar-refractivity contribution in [3.8, 4) is 11.5 Å². The molecule has 0 amide bonds. The lowest BCUT2D eigenvalue weighted by atomic mass is 9.50. The van der Waals surface area contributed by atoms with Gasteiger partial charge in [0.05, 0.1) is 18.9 Å². The summed E-state index contributed by atoms with van der Waals surface area (Å²) in [5, 5.41) is 0. The first-order valence-electron chi connectivity index (χ1n) is 11.0. The van der Waals surface area contributed by atoms with E-state index in [0.717, 1.165) is 28.0 Å². The summed E-state index contributed by atoms with van der Waals surface area (Å²) < 4.78 is 19.4. The minimum atomic E-state index is -1.13. The second-order valence-electron chi connectivity index (χ2n) is 9.54. The number of methoxy groups -OCH3 is 1. The predicted molar refractivity (Wildman–Crippen MR) is 117 cm³/mol. The third-order valence-electron chi connectivity index (χ3n) is 8.16. The van der Waals surface area contributed by atoms with Crippen molar-refractivity contribution < 1.29 is 19.0 Å². The van der Waals surface area contributed by atoms with Gasteiger partial charge < -0.3 is 19.9 Å². The second kappa shape index (κ2) is 5.71. The molecule has 5 heteroatoms. The molecule has 0 bridgehead atoms. The van der Waals surface area contributed by atoms with E-state index < -0.39 is 11.2 Å². The van der Waals surface area contributed by atoms with Crippen molar-refractivity contribution in [1.29, 1.82) is 0 Å². The smallest absolute Gasteiger partial charge is 0.253 e. The molecule has 0 aromatic heterocycles. The Labute approximate surface area is 182 Å². The lowest BCUT2D eigenvalue weighted by Gasteiger charge is -2.50. The average Bonchev–Trinajstić information content (AvgIpc) is 3.16. The maximum absolute atomic E-state index is 13.7. The van der Waals surface area contributed by atoms with Crippen LogP contribution in [0.1, 0.15) is 48.1 Å². The van der Waals surface area contributed by atoms with Gasteiger partial charge in [0.2, 0.25) is 0 Å². The molecule has 31 heavy (non-hydrogen) atoms. The van der Waals surface area contributed by atoms with Crippen LogP contribution in [0.2, 0.25) is 0 Å². The number of fused-ring (bicyclic) bond motifs is 2. The number of aryl methyl sites for hydroxylation is 1. The Hall–Kier alpha value is -2.79. The van der Waals surface area contributed by atoms with E-state index in [1.54, 1.807) is 7.11 Å². The molecule has 6 rings (SSSR count). The fourth-order valence-electron chi connectivity index (χ4n) is 7.01. The van der Waals surface area contributed by atoms with E-state index in [4.69, 9.17) is 19.9 Å². The molecular weight excluding hydrogens is 390 g/mol. The van der Waals surface area contributed by atoms with Gasteiger partial charge >= 0.3 is 0 Å². The van der Waals surface area contributed by atoms with E-state index >= 15 is 0 Å². The molecule has 160 valence electrons. The van der Waals surface area contributed by atoms with Gasteiger partial charge in [-0.3, -0.25) is 4.79 Å². The first-order chi connectivity index (χ1) is 14.8. The highest BCUT2D eigenvalue weighted by atomic mass is 16.7. The van der Waals surface area contributed by atoms with Crippen molar-refractivity contribution in [2.75, 3.05) is 7.11 Å². The van der Waals surface area contributed by atoms with Gasteiger partial charge in [0.15, 0.2) is 5.78 Å².